The fraction of sp³-hybridized carbons (Fsp3) is 0.353. The summed E-state index contributed by atoms with van der Waals surface area (Å²) in [7, 11) is 0. The SMILES string of the molecule is O=C(O)Cn1ccc([C@@H]2CCCN(C(=O)Nc3cc(F)ccc3F)C2)n1. The Hall–Kier alpha value is -2.97. The van der Waals surface area contributed by atoms with Crippen LogP contribution in [-0.4, -0.2) is 44.9 Å². The van der Waals surface area contributed by atoms with E-state index in [2.05, 4.69) is 10.4 Å². The van der Waals surface area contributed by atoms with Crippen LogP contribution < -0.4 is 5.32 Å². The molecule has 9 heteroatoms. The zero-order valence-electron chi connectivity index (χ0n) is 13.9. The number of halogens is 2. The van der Waals surface area contributed by atoms with Gasteiger partial charge in [-0.15, -0.1) is 0 Å². The highest BCUT2D eigenvalue weighted by molar-refractivity contribution is 5.89. The molecule has 1 aliphatic rings. The number of nitrogens with zero attached hydrogens (tertiary/aromatic N) is 3. The molecular formula is C17H18F2N4O3. The largest absolute Gasteiger partial charge is 0.480 e. The average molecular weight is 364 g/mol. The van der Waals surface area contributed by atoms with Gasteiger partial charge in [-0.2, -0.15) is 5.10 Å². The Morgan fingerprint density at radius 1 is 1.31 bits per heavy atom. The first-order valence-corrected chi connectivity index (χ1v) is 8.18. The van der Waals surface area contributed by atoms with Crippen LogP contribution in [0.4, 0.5) is 19.3 Å². The molecule has 0 unspecified atom stereocenters. The molecule has 1 atom stereocenters. The zero-order chi connectivity index (χ0) is 18.7. The average Bonchev–Trinajstić information content (AvgIpc) is 3.06. The van der Waals surface area contributed by atoms with Crippen molar-refractivity contribution in [2.75, 3.05) is 18.4 Å². The summed E-state index contributed by atoms with van der Waals surface area (Å²) in [5.74, 6) is -2.37. The molecule has 2 N–H and O–H groups in total. The van der Waals surface area contributed by atoms with Gasteiger partial charge >= 0.3 is 12.0 Å². The molecule has 1 aliphatic heterocycles. The second-order valence-corrected chi connectivity index (χ2v) is 6.17. The van der Waals surface area contributed by atoms with E-state index in [1.54, 1.807) is 12.3 Å². The van der Waals surface area contributed by atoms with Gasteiger partial charge in [-0.25, -0.2) is 13.6 Å². The summed E-state index contributed by atoms with van der Waals surface area (Å²) in [6, 6.07) is 4.10. The third kappa shape index (κ3) is 4.16. The van der Waals surface area contributed by atoms with Gasteiger partial charge in [-0.05, 0) is 31.0 Å². The Bertz CT molecular complexity index is 824. The van der Waals surface area contributed by atoms with Crippen LogP contribution in [0.1, 0.15) is 24.5 Å². The molecule has 2 heterocycles. The van der Waals surface area contributed by atoms with Crippen LogP contribution >= 0.6 is 0 Å². The molecule has 0 spiro atoms. The van der Waals surface area contributed by atoms with Crippen molar-refractivity contribution in [1.82, 2.24) is 14.7 Å². The fourth-order valence-corrected chi connectivity index (χ4v) is 3.01. The van der Waals surface area contributed by atoms with Crippen LogP contribution in [0.2, 0.25) is 0 Å². The second-order valence-electron chi connectivity index (χ2n) is 6.17. The first-order valence-electron chi connectivity index (χ1n) is 8.18. The van der Waals surface area contributed by atoms with Crippen molar-refractivity contribution in [3.05, 3.63) is 47.8 Å². The lowest BCUT2D eigenvalue weighted by molar-refractivity contribution is -0.137. The number of hydrogen-bond acceptors (Lipinski definition) is 3. The van der Waals surface area contributed by atoms with Crippen molar-refractivity contribution in [2.45, 2.75) is 25.3 Å². The molecular weight excluding hydrogens is 346 g/mol. The molecule has 0 bridgehead atoms. The fourth-order valence-electron chi connectivity index (χ4n) is 3.01. The molecule has 1 saturated heterocycles. The van der Waals surface area contributed by atoms with E-state index in [4.69, 9.17) is 5.11 Å². The number of rotatable bonds is 4. The zero-order valence-corrected chi connectivity index (χ0v) is 13.9. The minimum absolute atomic E-state index is 0.0399. The van der Waals surface area contributed by atoms with Crippen molar-refractivity contribution in [2.24, 2.45) is 0 Å². The van der Waals surface area contributed by atoms with E-state index < -0.39 is 23.6 Å². The lowest BCUT2D eigenvalue weighted by Crippen LogP contribution is -2.41. The van der Waals surface area contributed by atoms with Gasteiger partial charge in [0.25, 0.3) is 0 Å². The summed E-state index contributed by atoms with van der Waals surface area (Å²) < 4.78 is 28.2. The summed E-state index contributed by atoms with van der Waals surface area (Å²) in [6.07, 6.45) is 3.13. The van der Waals surface area contributed by atoms with Crippen molar-refractivity contribution in [1.29, 1.82) is 0 Å². The highest BCUT2D eigenvalue weighted by Crippen LogP contribution is 2.26. The summed E-state index contributed by atoms with van der Waals surface area (Å²) in [4.78, 5) is 24.6. The molecule has 3 rings (SSSR count). The molecule has 2 amide bonds. The number of anilines is 1. The van der Waals surface area contributed by atoms with Gasteiger partial charge < -0.3 is 15.3 Å². The lowest BCUT2D eigenvalue weighted by atomic mass is 9.95. The molecule has 0 aliphatic carbocycles. The Labute approximate surface area is 148 Å². The number of aliphatic carboxylic acids is 1. The smallest absolute Gasteiger partial charge is 0.325 e. The van der Waals surface area contributed by atoms with Gasteiger partial charge in [0.15, 0.2) is 0 Å². The van der Waals surface area contributed by atoms with E-state index in [-0.39, 0.29) is 18.2 Å². The van der Waals surface area contributed by atoms with Crippen LogP contribution in [0.15, 0.2) is 30.5 Å². The van der Waals surface area contributed by atoms with E-state index in [0.717, 1.165) is 31.0 Å². The van der Waals surface area contributed by atoms with Gasteiger partial charge in [0.05, 0.1) is 11.4 Å². The minimum Gasteiger partial charge on any atom is -0.480 e. The van der Waals surface area contributed by atoms with Crippen molar-refractivity contribution < 1.29 is 23.5 Å². The first kappa shape index (κ1) is 17.8. The third-order valence-electron chi connectivity index (χ3n) is 4.26. The van der Waals surface area contributed by atoms with Gasteiger partial charge in [-0.3, -0.25) is 9.48 Å². The van der Waals surface area contributed by atoms with E-state index >= 15 is 0 Å². The summed E-state index contributed by atoms with van der Waals surface area (Å²) in [6.45, 7) is 0.637. The number of urea groups is 1. The summed E-state index contributed by atoms with van der Waals surface area (Å²) >= 11 is 0. The summed E-state index contributed by atoms with van der Waals surface area (Å²) in [5.41, 5.74) is 0.503. The number of aromatic nitrogens is 2. The van der Waals surface area contributed by atoms with E-state index in [9.17, 15) is 18.4 Å². The second kappa shape index (κ2) is 7.51. The predicted molar refractivity (Wildman–Crippen MR) is 88.8 cm³/mol. The van der Waals surface area contributed by atoms with Gasteiger partial charge in [0.2, 0.25) is 0 Å². The van der Waals surface area contributed by atoms with Crippen LogP contribution in [0.3, 0.4) is 0 Å². The quantitative estimate of drug-likeness (QED) is 0.873. The summed E-state index contributed by atoms with van der Waals surface area (Å²) in [5, 5.41) is 15.4. The van der Waals surface area contributed by atoms with E-state index in [0.29, 0.717) is 18.8 Å². The topological polar surface area (TPSA) is 87.5 Å². The number of benzene rings is 1. The monoisotopic (exact) mass is 364 g/mol. The number of amides is 2. The van der Waals surface area contributed by atoms with Crippen LogP contribution in [0, 0.1) is 11.6 Å². The number of likely N-dealkylation sites (tertiary alicyclic amines) is 1. The number of hydrogen-bond donors (Lipinski definition) is 2. The maximum Gasteiger partial charge on any atom is 0.325 e. The predicted octanol–water partition coefficient (Wildman–Crippen LogP) is 2.66. The number of carboxylic acids is 1. The molecule has 1 aromatic heterocycles. The third-order valence-corrected chi connectivity index (χ3v) is 4.26. The Morgan fingerprint density at radius 2 is 2.12 bits per heavy atom. The highest BCUT2D eigenvalue weighted by atomic mass is 19.1. The molecule has 1 fully saturated rings. The number of carboxylic acid groups (broad SMARTS) is 1. The molecule has 7 nitrogen and oxygen atoms in total. The van der Waals surface area contributed by atoms with Crippen molar-refractivity contribution in [3.63, 3.8) is 0 Å². The van der Waals surface area contributed by atoms with Crippen molar-refractivity contribution in [3.8, 4) is 0 Å². The van der Waals surface area contributed by atoms with E-state index in [1.807, 2.05) is 0 Å². The molecule has 2 aromatic rings. The number of nitrogens with one attached hydrogen (secondary N) is 1. The normalized spacial score (nSPS) is 17.2. The molecule has 0 radical (unpaired) electrons. The maximum absolute atomic E-state index is 13.7. The molecule has 0 saturated carbocycles. The minimum atomic E-state index is -0.985. The number of piperidine rings is 1. The Morgan fingerprint density at radius 3 is 2.88 bits per heavy atom. The number of carbonyl (C=O) groups excluding carboxylic acids is 1. The Balaban J connectivity index is 1.66. The van der Waals surface area contributed by atoms with Crippen LogP contribution in [0.5, 0.6) is 0 Å². The number of carbonyl (C=O) groups is 2. The molecule has 26 heavy (non-hydrogen) atoms. The van der Waals surface area contributed by atoms with Gasteiger partial charge in [-0.1, -0.05) is 0 Å². The van der Waals surface area contributed by atoms with Gasteiger partial charge in [0, 0.05) is 31.3 Å². The first-order chi connectivity index (χ1) is 12.4. The van der Waals surface area contributed by atoms with Crippen LogP contribution in [-0.2, 0) is 11.3 Å². The van der Waals surface area contributed by atoms with E-state index in [1.165, 1.54) is 9.58 Å². The standard InChI is InChI=1S/C17H18F2N4O3/c18-12-3-4-13(19)15(8-12)20-17(26)22-6-1-2-11(9-22)14-5-7-23(21-14)10-16(24)25/h3-5,7-8,11H,1-2,6,9-10H2,(H,20,26)(H,24,25)/t11-/m1/s1. The highest BCUT2D eigenvalue weighted by Gasteiger charge is 2.27. The van der Waals surface area contributed by atoms with Gasteiger partial charge in [0.1, 0.15) is 18.2 Å². The van der Waals surface area contributed by atoms with Crippen molar-refractivity contribution >= 4 is 17.7 Å². The molecule has 1 aromatic carbocycles. The maximum atomic E-state index is 13.7. The molecule has 138 valence electrons. The van der Waals surface area contributed by atoms with Crippen LogP contribution in [0.25, 0.3) is 0 Å². The Kier molecular flexibility index (Phi) is 5.15. The lowest BCUT2D eigenvalue weighted by Gasteiger charge is -2.32.